The van der Waals surface area contributed by atoms with Gasteiger partial charge in [0, 0.05) is 28.3 Å². The number of nitrogens with one attached hydrogen (secondary N) is 1. The summed E-state index contributed by atoms with van der Waals surface area (Å²) < 4.78 is 6.62. The first-order chi connectivity index (χ1) is 8.09. The van der Waals surface area contributed by atoms with Crippen LogP contribution in [0.4, 0.5) is 0 Å². The molecule has 0 spiro atoms. The number of rotatable bonds is 7. The maximum absolute atomic E-state index is 5.83. The zero-order valence-electron chi connectivity index (χ0n) is 9.68. The summed E-state index contributed by atoms with van der Waals surface area (Å²) >= 11 is 15.0. The normalized spacial score (nSPS) is 11.5. The molecular weight excluding hydrogens is 325 g/mol. The molecule has 0 aliphatic heterocycles. The highest BCUT2D eigenvalue weighted by atomic mass is 79.9. The molecule has 0 heterocycles. The summed E-state index contributed by atoms with van der Waals surface area (Å²) in [5.74, 6) is 1.82. The molecule has 0 atom stereocenters. The van der Waals surface area contributed by atoms with E-state index in [1.54, 1.807) is 0 Å². The first-order valence-electron chi connectivity index (χ1n) is 5.35. The molecule has 1 rings (SSSR count). The van der Waals surface area contributed by atoms with Crippen LogP contribution in [0.3, 0.4) is 0 Å². The average molecular weight is 341 g/mol. The average Bonchev–Trinajstić information content (AvgIpc) is 2.36. The maximum atomic E-state index is 5.83. The van der Waals surface area contributed by atoms with Crippen molar-refractivity contribution in [3.8, 4) is 5.75 Å². The number of ether oxygens (including phenoxy) is 1. The van der Waals surface area contributed by atoms with E-state index in [1.807, 2.05) is 31.2 Å². The highest BCUT2D eigenvalue weighted by molar-refractivity contribution is 9.10. The van der Waals surface area contributed by atoms with Gasteiger partial charge in [-0.05, 0) is 31.2 Å². The fourth-order valence-electron chi connectivity index (χ4n) is 1.18. The molecule has 96 valence electrons. The molecule has 1 N–H and O–H groups in total. The van der Waals surface area contributed by atoms with Gasteiger partial charge in [-0.1, -0.05) is 15.9 Å². The summed E-state index contributed by atoms with van der Waals surface area (Å²) in [4.78, 5) is 0. The fraction of sp³-hybridized carbons (Fsp3) is 0.500. The Hall–Kier alpha value is 0.0400. The SMILES string of the molecule is CC(CCl)(CCl)NCCOc1ccc(Br)cc1. The summed E-state index contributed by atoms with van der Waals surface area (Å²) in [6.07, 6.45) is 0. The molecule has 5 heteroatoms. The van der Waals surface area contributed by atoms with Crippen LogP contribution in [0, 0.1) is 0 Å². The maximum Gasteiger partial charge on any atom is 0.119 e. The van der Waals surface area contributed by atoms with Crippen LogP contribution in [0.15, 0.2) is 28.7 Å². The van der Waals surface area contributed by atoms with E-state index in [0.717, 1.165) is 10.2 Å². The van der Waals surface area contributed by atoms with Gasteiger partial charge in [-0.2, -0.15) is 0 Å². The van der Waals surface area contributed by atoms with Crippen molar-refractivity contribution in [2.24, 2.45) is 0 Å². The molecule has 0 fully saturated rings. The smallest absolute Gasteiger partial charge is 0.119 e. The van der Waals surface area contributed by atoms with Crippen LogP contribution in [0.5, 0.6) is 5.75 Å². The van der Waals surface area contributed by atoms with E-state index < -0.39 is 0 Å². The number of alkyl halides is 2. The summed E-state index contributed by atoms with van der Waals surface area (Å²) in [7, 11) is 0. The van der Waals surface area contributed by atoms with E-state index in [2.05, 4.69) is 21.2 Å². The lowest BCUT2D eigenvalue weighted by molar-refractivity contribution is 0.293. The zero-order chi connectivity index (χ0) is 12.7. The fourth-order valence-corrected chi connectivity index (χ4v) is 1.92. The molecule has 1 aromatic carbocycles. The first-order valence-corrected chi connectivity index (χ1v) is 7.21. The van der Waals surface area contributed by atoms with Gasteiger partial charge in [-0.25, -0.2) is 0 Å². The van der Waals surface area contributed by atoms with Crippen LogP contribution in [-0.4, -0.2) is 30.5 Å². The highest BCUT2D eigenvalue weighted by Crippen LogP contribution is 2.16. The third-order valence-electron chi connectivity index (χ3n) is 2.33. The van der Waals surface area contributed by atoms with Crippen LogP contribution in [0.2, 0.25) is 0 Å². The molecule has 0 aromatic heterocycles. The van der Waals surface area contributed by atoms with Crippen molar-refractivity contribution in [2.75, 3.05) is 24.9 Å². The minimum atomic E-state index is -0.230. The highest BCUT2D eigenvalue weighted by Gasteiger charge is 2.20. The van der Waals surface area contributed by atoms with Crippen molar-refractivity contribution in [3.63, 3.8) is 0 Å². The Morgan fingerprint density at radius 3 is 2.35 bits per heavy atom. The van der Waals surface area contributed by atoms with Crippen molar-refractivity contribution in [1.29, 1.82) is 0 Å². The van der Waals surface area contributed by atoms with Gasteiger partial charge in [-0.15, -0.1) is 23.2 Å². The largest absolute Gasteiger partial charge is 0.492 e. The van der Waals surface area contributed by atoms with Crippen LogP contribution >= 0.6 is 39.1 Å². The number of hydrogen-bond acceptors (Lipinski definition) is 2. The quantitative estimate of drug-likeness (QED) is 0.604. The van der Waals surface area contributed by atoms with E-state index in [9.17, 15) is 0 Å². The van der Waals surface area contributed by atoms with E-state index in [1.165, 1.54) is 0 Å². The predicted octanol–water partition coefficient (Wildman–Crippen LogP) is 3.65. The summed E-state index contributed by atoms with van der Waals surface area (Å²) in [6, 6.07) is 7.74. The lowest BCUT2D eigenvalue weighted by Crippen LogP contribution is -2.47. The second kappa shape index (κ2) is 7.47. The summed E-state index contributed by atoms with van der Waals surface area (Å²) in [6.45, 7) is 3.30. The molecule has 1 aromatic rings. The van der Waals surface area contributed by atoms with Gasteiger partial charge in [-0.3, -0.25) is 0 Å². The lowest BCUT2D eigenvalue weighted by atomic mass is 10.1. The monoisotopic (exact) mass is 339 g/mol. The second-order valence-electron chi connectivity index (χ2n) is 4.06. The minimum Gasteiger partial charge on any atom is -0.492 e. The van der Waals surface area contributed by atoms with Crippen molar-refractivity contribution >= 4 is 39.1 Å². The van der Waals surface area contributed by atoms with Gasteiger partial charge in [0.15, 0.2) is 0 Å². The van der Waals surface area contributed by atoms with E-state index in [4.69, 9.17) is 27.9 Å². The zero-order valence-corrected chi connectivity index (χ0v) is 12.8. The Bertz CT molecular complexity index is 328. The Labute approximate surface area is 121 Å². The minimum absolute atomic E-state index is 0.230. The third kappa shape index (κ3) is 5.47. The summed E-state index contributed by atoms with van der Waals surface area (Å²) in [5, 5.41) is 3.28. The van der Waals surface area contributed by atoms with Gasteiger partial charge in [0.2, 0.25) is 0 Å². The molecule has 0 saturated heterocycles. The van der Waals surface area contributed by atoms with Crippen molar-refractivity contribution in [1.82, 2.24) is 5.32 Å². The molecule has 0 aliphatic carbocycles. The van der Waals surface area contributed by atoms with Gasteiger partial charge in [0.25, 0.3) is 0 Å². The second-order valence-corrected chi connectivity index (χ2v) is 5.51. The predicted molar refractivity (Wildman–Crippen MR) is 77.5 cm³/mol. The standard InChI is InChI=1S/C12H16BrCl2NO/c1-12(8-14,9-15)16-6-7-17-11-4-2-10(13)3-5-11/h2-5,16H,6-9H2,1H3. The third-order valence-corrected chi connectivity index (χ3v) is 4.03. The molecule has 17 heavy (non-hydrogen) atoms. The van der Waals surface area contributed by atoms with Crippen molar-refractivity contribution in [2.45, 2.75) is 12.5 Å². The van der Waals surface area contributed by atoms with E-state index >= 15 is 0 Å². The van der Waals surface area contributed by atoms with Gasteiger partial charge >= 0.3 is 0 Å². The topological polar surface area (TPSA) is 21.3 Å². The van der Waals surface area contributed by atoms with E-state index in [0.29, 0.717) is 24.9 Å². The van der Waals surface area contributed by atoms with Crippen molar-refractivity contribution in [3.05, 3.63) is 28.7 Å². The molecule has 0 bridgehead atoms. The van der Waals surface area contributed by atoms with Crippen LogP contribution in [-0.2, 0) is 0 Å². The molecule has 0 saturated carbocycles. The number of hydrogen-bond donors (Lipinski definition) is 1. The summed E-state index contributed by atoms with van der Waals surface area (Å²) in [5.41, 5.74) is -0.230. The Morgan fingerprint density at radius 2 is 1.82 bits per heavy atom. The lowest BCUT2D eigenvalue weighted by Gasteiger charge is -2.25. The molecule has 0 radical (unpaired) electrons. The van der Waals surface area contributed by atoms with Crippen LogP contribution < -0.4 is 10.1 Å². The van der Waals surface area contributed by atoms with Gasteiger partial charge in [0.05, 0.1) is 0 Å². The van der Waals surface area contributed by atoms with Crippen LogP contribution in [0.25, 0.3) is 0 Å². The number of benzene rings is 1. The number of halogens is 3. The molecule has 0 aliphatic rings. The van der Waals surface area contributed by atoms with Crippen LogP contribution in [0.1, 0.15) is 6.92 Å². The van der Waals surface area contributed by atoms with Gasteiger partial charge < -0.3 is 10.1 Å². The molecule has 0 amide bonds. The van der Waals surface area contributed by atoms with Crippen molar-refractivity contribution < 1.29 is 4.74 Å². The Balaban J connectivity index is 2.26. The first kappa shape index (κ1) is 15.1. The Morgan fingerprint density at radius 1 is 1.24 bits per heavy atom. The Kier molecular flexibility index (Phi) is 6.63. The molecule has 2 nitrogen and oxygen atoms in total. The molecular formula is C12H16BrCl2NO. The van der Waals surface area contributed by atoms with E-state index in [-0.39, 0.29) is 5.54 Å². The van der Waals surface area contributed by atoms with Gasteiger partial charge in [0.1, 0.15) is 12.4 Å². The molecule has 0 unspecified atom stereocenters.